The Bertz CT molecular complexity index is 7300. The Balaban J connectivity index is 0.000000114. The molecule has 2 aliphatic heterocycles. The van der Waals surface area contributed by atoms with E-state index in [0.717, 1.165) is 152 Å². The molecule has 0 bridgehead atoms. The van der Waals surface area contributed by atoms with E-state index in [1.54, 1.807) is 78.2 Å². The largest absolute Gasteiger partial charge is 0.395 e. The first-order valence-electron chi connectivity index (χ1n) is 46.8. The summed E-state index contributed by atoms with van der Waals surface area (Å²) >= 11 is 0. The number of carbonyl (C=O) groups excluding carboxylic acids is 4. The van der Waals surface area contributed by atoms with Crippen LogP contribution in [0.3, 0.4) is 0 Å². The molecule has 6 fully saturated rings. The van der Waals surface area contributed by atoms with E-state index in [9.17, 15) is 37.8 Å². The Morgan fingerprint density at radius 3 is 1.03 bits per heavy atom. The first-order valence-corrected chi connectivity index (χ1v) is 48.6. The monoisotopic (exact) mass is 1860 g/mol. The molecule has 23 rings (SSSR count). The molecular weight excluding hydrogens is 1760 g/mol. The smallest absolute Gasteiger partial charge is 0.256 e. The van der Waals surface area contributed by atoms with Crippen LogP contribution in [0.4, 0.5) is 23.8 Å². The van der Waals surface area contributed by atoms with E-state index in [1.807, 2.05) is 54.7 Å². The molecule has 4 aliphatic carbocycles. The fourth-order valence-corrected chi connectivity index (χ4v) is 22.2. The van der Waals surface area contributed by atoms with E-state index in [2.05, 4.69) is 210 Å². The highest BCUT2D eigenvalue weighted by atomic mass is 32.2. The van der Waals surface area contributed by atoms with Gasteiger partial charge in [0.1, 0.15) is 0 Å². The van der Waals surface area contributed by atoms with Gasteiger partial charge in [0.15, 0.2) is 21.4 Å². The van der Waals surface area contributed by atoms with Gasteiger partial charge in [-0.15, -0.1) is 0 Å². The van der Waals surface area contributed by atoms with Crippen LogP contribution in [0.15, 0.2) is 249 Å². The Morgan fingerprint density at radius 2 is 0.732 bits per heavy atom. The molecule has 9 aromatic heterocycles. The third kappa shape index (κ3) is 17.1. The third-order valence-corrected chi connectivity index (χ3v) is 30.8. The average molecular weight is 1860 g/mol. The topological polar surface area (TPSA) is 462 Å². The molecule has 17 aromatic rings. The first-order chi connectivity index (χ1) is 67.0. The van der Waals surface area contributed by atoms with Gasteiger partial charge in [-0.1, -0.05) is 176 Å². The summed E-state index contributed by atoms with van der Waals surface area (Å²) < 4.78 is 28.7. The number of H-pyrrole nitrogens is 4. The zero-order chi connectivity index (χ0) is 95.2. The van der Waals surface area contributed by atoms with Crippen LogP contribution in [0.25, 0.3) is 88.1 Å². The van der Waals surface area contributed by atoms with Crippen molar-refractivity contribution in [3.05, 3.63) is 323 Å². The van der Waals surface area contributed by atoms with Crippen molar-refractivity contribution in [1.82, 2.24) is 84.6 Å². The van der Waals surface area contributed by atoms with Crippen molar-refractivity contribution >= 4 is 101 Å². The number of anilines is 4. The number of hydrogen-bond donors (Lipinski definition) is 10. The molecule has 0 unspecified atom stereocenters. The number of Topliss-reactive ketones (excluding diaryl/α,β-unsaturated/α-hetero) is 1. The van der Waals surface area contributed by atoms with Crippen LogP contribution in [-0.4, -0.2) is 191 Å². The van der Waals surface area contributed by atoms with Crippen LogP contribution < -0.4 is 22.9 Å². The Morgan fingerprint density at radius 1 is 0.428 bits per heavy atom. The highest BCUT2D eigenvalue weighted by Gasteiger charge is 2.47. The molecule has 4 saturated carbocycles. The molecule has 8 aromatic carbocycles. The molecule has 14 N–H and O–H groups in total. The predicted octanol–water partition coefficient (Wildman–Crippen LogP) is 16.0. The van der Waals surface area contributed by atoms with Crippen LogP contribution in [0.2, 0.25) is 0 Å². The molecule has 11 heterocycles. The van der Waals surface area contributed by atoms with E-state index in [1.165, 1.54) is 57.3 Å². The number of aromatic nitrogens is 14. The van der Waals surface area contributed by atoms with Gasteiger partial charge in [0.2, 0.25) is 29.7 Å². The summed E-state index contributed by atoms with van der Waals surface area (Å²) in [6.07, 6.45) is 35.7. The molecule has 0 atom stereocenters. The number of amides is 3. The van der Waals surface area contributed by atoms with Crippen molar-refractivity contribution in [2.75, 3.05) is 80.8 Å². The summed E-state index contributed by atoms with van der Waals surface area (Å²) in [4.78, 5) is 108. The summed E-state index contributed by atoms with van der Waals surface area (Å²) in [5.74, 6) is 1.98. The number of aryl methyl sites for hydroxylation is 2. The Kier molecular flexibility index (Phi) is 24.4. The molecule has 31 heteroatoms. The lowest BCUT2D eigenvalue weighted by Gasteiger charge is -2.43. The molecule has 6 aliphatic rings. The van der Waals surface area contributed by atoms with Crippen molar-refractivity contribution in [1.29, 1.82) is 0 Å². The number of hydrogen-bond acceptors (Lipinski definition) is 23. The molecule has 3 amide bonds. The lowest BCUT2D eigenvalue weighted by molar-refractivity contribution is 0.00601. The first kappa shape index (κ1) is 90.3. The number of nitrogen functional groups attached to an aromatic ring is 4. The van der Waals surface area contributed by atoms with Crippen molar-refractivity contribution < 1.29 is 42.3 Å². The SMILES string of the molecule is CN(CCO)C(=O)c1cccc2c(C3(c4ccc(-c5cnc(N)nc5)cc4)CCC3)c[nH]c12.Cc1nc(CCC(=O)c2cccc3c(C4(c5ccc(-c6cnc(N)nc6)cc5)CCC4)c[nH]c23)no1.Nc1ncc(-c2ccc(C3(c4c[nH]c5c(C(=O)N6CC(O)C6)cccc45)CCC3)cc2)cn1.Nc1ncc(-c2ccc(C3(c4c[nH]c5c(C(=O)N6CCS(=O)(=O)CC6)cccc45)CCC3)cc2)cn1. The minimum Gasteiger partial charge on any atom is -0.395 e. The van der Waals surface area contributed by atoms with Crippen molar-refractivity contribution in [2.24, 2.45) is 0 Å². The molecule has 30 nitrogen and oxygen atoms in total. The van der Waals surface area contributed by atoms with Crippen LogP contribution in [0.5, 0.6) is 0 Å². The summed E-state index contributed by atoms with van der Waals surface area (Å²) in [6, 6.07) is 58.0. The zero-order valence-electron chi connectivity index (χ0n) is 76.5. The van der Waals surface area contributed by atoms with Gasteiger partial charge < -0.3 is 72.3 Å². The van der Waals surface area contributed by atoms with Gasteiger partial charge in [0, 0.05) is 205 Å². The quantitative estimate of drug-likeness (QED) is 0.0299. The summed E-state index contributed by atoms with van der Waals surface area (Å²) in [6.45, 7) is 3.26. The van der Waals surface area contributed by atoms with Crippen LogP contribution in [0, 0.1) is 6.92 Å². The van der Waals surface area contributed by atoms with E-state index in [-0.39, 0.29) is 100 Å². The van der Waals surface area contributed by atoms with Gasteiger partial charge in [0.25, 0.3) is 17.7 Å². The Labute approximate surface area is 795 Å². The number of aromatic amines is 4. The highest BCUT2D eigenvalue weighted by Crippen LogP contribution is 2.56. The normalized spacial score (nSPS) is 16.4. The molecule has 0 radical (unpaired) electrons. The second-order valence-electron chi connectivity index (χ2n) is 37.0. The van der Waals surface area contributed by atoms with Gasteiger partial charge in [0.05, 0.1) is 63.0 Å². The highest BCUT2D eigenvalue weighted by molar-refractivity contribution is 7.91. The maximum absolute atomic E-state index is 13.3. The van der Waals surface area contributed by atoms with E-state index < -0.39 is 15.9 Å². The van der Waals surface area contributed by atoms with Crippen molar-refractivity contribution in [2.45, 2.75) is 125 Å². The van der Waals surface area contributed by atoms with Crippen LogP contribution in [0.1, 0.15) is 181 Å². The minimum atomic E-state index is -3.05. The van der Waals surface area contributed by atoms with Crippen LogP contribution >= 0.6 is 0 Å². The number of para-hydroxylation sites is 4. The molecule has 698 valence electrons. The average Bonchev–Trinajstić information content (AvgIpc) is 1.53. The second-order valence-corrected chi connectivity index (χ2v) is 39.3. The van der Waals surface area contributed by atoms with Gasteiger partial charge in [-0.2, -0.15) is 4.98 Å². The second kappa shape index (κ2) is 37.3. The van der Waals surface area contributed by atoms with E-state index in [4.69, 9.17) is 27.5 Å². The Hall–Kier alpha value is -15.5. The minimum absolute atomic E-state index is 0.0201. The number of benzene rings is 8. The van der Waals surface area contributed by atoms with Gasteiger partial charge in [-0.25, -0.2) is 48.3 Å². The number of β-amino-alcohol motifs (C(OH)–C–C–N with tert-alkyl or cyclic N) is 1. The predicted molar refractivity (Wildman–Crippen MR) is 531 cm³/mol. The standard InChI is InChI=1S/C28H26N6O2.C27H27N5O3S.C26H25N5O2.C26H27N5O2/c1-17-33-25(34-36-17)11-10-24(35)22-5-2-4-21-23(16-30-26(21)22)28(12-3-13-28)20-8-6-18(7-9-20)19-14-31-27(29)32-15-19;28-26-30-15-19(16-31-26)18-5-7-20(8-6-18)27(9-2-10-27)23-17-29-24-21(23)3-1-4-22(24)25(33)32-11-13-36(34,35)14-12-32;27-25-29-11-17(12-30-25)16-5-7-18(8-6-16)26(9-2-10-26)22-13-28-23-20(22)3-1-4-21(23)24(33)31-14-19(32)15-31;1-31(12-13-32)24(33)21-5-2-4-20-22(16-28-23(20)21)26(10-3-11-26)19-8-6-17(7-9-19)18-14-29-25(27)30-15-18/h2,4-9,14-16,30H,3,10-13H2,1H3,(H2,29,31,32);1,3-8,15-17,29H,2,9-14H2,(H2,28,30,31);1,3-8,11-13,19,28,32H,2,9-10,14-15H2,(H2,27,29,30);2,4-9,14-16,28,32H,3,10-13H2,1H3,(H2,27,29,30). The number of carbonyl (C=O) groups is 4. The lowest BCUT2D eigenvalue weighted by Crippen LogP contribution is -2.53. The molecule has 138 heavy (non-hydrogen) atoms. The van der Waals surface area contributed by atoms with Crippen molar-refractivity contribution in [3.63, 3.8) is 0 Å². The number of nitrogens with zero attached hydrogens (tertiary/aromatic N) is 13. The number of nitrogens with two attached hydrogens (primary N) is 4. The number of rotatable bonds is 21. The fraction of sp³-hybridized carbons (Fsp3) is 0.271. The lowest BCUT2D eigenvalue weighted by atomic mass is 9.60. The van der Waals surface area contributed by atoms with E-state index in [0.29, 0.717) is 66.4 Å². The molecule has 2 saturated heterocycles. The number of likely N-dealkylation sites (N-methyl/N-ethyl adjacent to an activating group) is 1. The van der Waals surface area contributed by atoms with E-state index >= 15 is 0 Å². The number of aliphatic hydroxyl groups excluding tert-OH is 2. The van der Waals surface area contributed by atoms with Gasteiger partial charge >= 0.3 is 0 Å². The van der Waals surface area contributed by atoms with Crippen molar-refractivity contribution in [3.8, 4) is 44.5 Å². The fourth-order valence-electron chi connectivity index (χ4n) is 21.0. The van der Waals surface area contributed by atoms with Gasteiger partial charge in [-0.3, -0.25) is 19.2 Å². The summed E-state index contributed by atoms with van der Waals surface area (Å²) in [7, 11) is -1.34. The van der Waals surface area contributed by atoms with Gasteiger partial charge in [-0.05, 0) is 142 Å². The zero-order valence-corrected chi connectivity index (χ0v) is 77.3. The number of ketones is 1. The number of likely N-dealkylation sites (tertiary alicyclic amines) is 1. The molecule has 0 spiro atoms. The maximum Gasteiger partial charge on any atom is 0.256 e. The van der Waals surface area contributed by atoms with Crippen LogP contribution in [-0.2, 0) is 37.9 Å². The third-order valence-electron chi connectivity index (χ3n) is 29.2. The molecular formula is C107H105N21O9S. The number of sulfone groups is 1. The maximum atomic E-state index is 13.3. The number of aliphatic hydroxyl groups is 2. The summed E-state index contributed by atoms with van der Waals surface area (Å²) in [5.41, 5.74) is 46.0. The summed E-state index contributed by atoms with van der Waals surface area (Å²) in [5, 5.41) is 27.0. The number of nitrogens with one attached hydrogen (secondary N) is 4. The number of fused-ring (bicyclic) bond motifs is 4.